The molecule has 2 aromatic rings. The fraction of sp³-hybridized carbons (Fsp3) is 0.560. The number of rotatable bonds is 6. The smallest absolute Gasteiger partial charge is 0.228 e. The molecule has 0 spiro atoms. The summed E-state index contributed by atoms with van der Waals surface area (Å²) < 4.78 is 18.8. The summed E-state index contributed by atoms with van der Waals surface area (Å²) in [5, 5.41) is 0. The molecule has 0 N–H and O–H groups in total. The van der Waals surface area contributed by atoms with Gasteiger partial charge in [0.05, 0.1) is 12.5 Å². The van der Waals surface area contributed by atoms with E-state index in [1.165, 1.54) is 12.1 Å². The highest BCUT2D eigenvalue weighted by molar-refractivity contribution is 5.79. The average Bonchev–Trinajstić information content (AvgIpc) is 3.54. The van der Waals surface area contributed by atoms with Gasteiger partial charge >= 0.3 is 0 Å². The normalized spacial score (nSPS) is 21.2. The van der Waals surface area contributed by atoms with Gasteiger partial charge in [0.15, 0.2) is 0 Å². The van der Waals surface area contributed by atoms with Crippen molar-refractivity contribution >= 4 is 11.7 Å². The first-order valence-electron chi connectivity index (χ1n) is 11.9. The van der Waals surface area contributed by atoms with Gasteiger partial charge in [-0.2, -0.15) is 0 Å². The number of halogens is 1. The molecule has 2 aliphatic heterocycles. The second-order valence-electron chi connectivity index (χ2n) is 9.13. The summed E-state index contributed by atoms with van der Waals surface area (Å²) in [5.41, 5.74) is 3.27. The van der Waals surface area contributed by atoms with Gasteiger partial charge in [-0.05, 0) is 43.4 Å². The topological polar surface area (TPSA) is 58.6 Å². The zero-order chi connectivity index (χ0) is 22.1. The number of carbonyl (C=O) groups is 1. The number of nitrogens with zero attached hydrogens (tertiary/aromatic N) is 4. The molecule has 1 saturated carbocycles. The summed E-state index contributed by atoms with van der Waals surface area (Å²) in [6.45, 7) is 6.31. The largest absolute Gasteiger partial charge is 0.381 e. The van der Waals surface area contributed by atoms with Crippen molar-refractivity contribution in [2.24, 2.45) is 5.92 Å². The number of ether oxygens (including phenoxy) is 1. The van der Waals surface area contributed by atoms with Gasteiger partial charge in [-0.3, -0.25) is 4.79 Å². The molecule has 1 amide bonds. The molecule has 0 radical (unpaired) electrons. The van der Waals surface area contributed by atoms with Crippen LogP contribution in [0.3, 0.4) is 0 Å². The van der Waals surface area contributed by atoms with Crippen LogP contribution < -0.4 is 4.90 Å². The summed E-state index contributed by atoms with van der Waals surface area (Å²) in [5.74, 6) is 2.45. The average molecular weight is 439 g/mol. The van der Waals surface area contributed by atoms with Crippen LogP contribution in [-0.2, 0) is 22.4 Å². The molecule has 2 saturated heterocycles. The van der Waals surface area contributed by atoms with Crippen LogP contribution in [0.15, 0.2) is 24.3 Å². The molecule has 1 aromatic heterocycles. The molecule has 170 valence electrons. The standard InChI is InChI=1S/C25H31FN4O2/c1-2-22-21(15-17-3-7-20(26)8-4-17)24(28-23(27-22)18-5-6-18)29-10-12-30(13-11-29)25(31)19-9-14-32-16-19/h3-4,7-8,18-19H,2,5-6,9-16H2,1H3. The highest BCUT2D eigenvalue weighted by Crippen LogP contribution is 2.40. The summed E-state index contributed by atoms with van der Waals surface area (Å²) in [6, 6.07) is 6.70. The Kier molecular flexibility index (Phi) is 6.09. The maximum Gasteiger partial charge on any atom is 0.228 e. The minimum atomic E-state index is -0.224. The lowest BCUT2D eigenvalue weighted by atomic mass is 10.0. The lowest BCUT2D eigenvalue weighted by molar-refractivity contribution is -0.135. The van der Waals surface area contributed by atoms with Crippen LogP contribution in [0.1, 0.15) is 54.7 Å². The van der Waals surface area contributed by atoms with Crippen molar-refractivity contribution < 1.29 is 13.9 Å². The Balaban J connectivity index is 1.39. The van der Waals surface area contributed by atoms with Crippen molar-refractivity contribution in [3.05, 3.63) is 52.7 Å². The van der Waals surface area contributed by atoms with E-state index in [1.807, 2.05) is 17.0 Å². The van der Waals surface area contributed by atoms with Crippen molar-refractivity contribution in [3.8, 4) is 0 Å². The molecule has 7 heteroatoms. The van der Waals surface area contributed by atoms with E-state index in [2.05, 4.69) is 11.8 Å². The van der Waals surface area contributed by atoms with E-state index in [0.29, 0.717) is 38.6 Å². The molecular weight excluding hydrogens is 407 g/mol. The van der Waals surface area contributed by atoms with E-state index in [9.17, 15) is 9.18 Å². The lowest BCUT2D eigenvalue weighted by Gasteiger charge is -2.37. The van der Waals surface area contributed by atoms with Gasteiger partial charge in [0.1, 0.15) is 17.5 Å². The van der Waals surface area contributed by atoms with Crippen LogP contribution in [0.2, 0.25) is 0 Å². The van der Waals surface area contributed by atoms with Crippen molar-refractivity contribution in [1.82, 2.24) is 14.9 Å². The van der Waals surface area contributed by atoms with E-state index < -0.39 is 0 Å². The molecule has 6 nitrogen and oxygen atoms in total. The monoisotopic (exact) mass is 438 g/mol. The third kappa shape index (κ3) is 4.49. The van der Waals surface area contributed by atoms with Gasteiger partial charge in [0.25, 0.3) is 0 Å². The van der Waals surface area contributed by atoms with Gasteiger partial charge < -0.3 is 14.5 Å². The molecule has 5 rings (SSSR count). The SMILES string of the molecule is CCc1nc(C2CC2)nc(N2CCN(C(=O)C3CCOC3)CC2)c1Cc1ccc(F)cc1. The van der Waals surface area contributed by atoms with E-state index in [-0.39, 0.29) is 17.6 Å². The predicted octanol–water partition coefficient (Wildman–Crippen LogP) is 3.33. The first kappa shape index (κ1) is 21.3. The quantitative estimate of drug-likeness (QED) is 0.693. The van der Waals surface area contributed by atoms with E-state index >= 15 is 0 Å². The number of hydrogen-bond donors (Lipinski definition) is 0. The molecule has 1 aliphatic carbocycles. The Morgan fingerprint density at radius 3 is 2.47 bits per heavy atom. The third-order valence-corrected chi connectivity index (χ3v) is 6.83. The van der Waals surface area contributed by atoms with Gasteiger partial charge in [-0.15, -0.1) is 0 Å². The Morgan fingerprint density at radius 1 is 1.09 bits per heavy atom. The fourth-order valence-corrected chi connectivity index (χ4v) is 4.73. The number of piperazine rings is 1. The summed E-state index contributed by atoms with van der Waals surface area (Å²) >= 11 is 0. The Labute approximate surface area is 188 Å². The molecule has 3 fully saturated rings. The Hall–Kier alpha value is -2.54. The molecule has 32 heavy (non-hydrogen) atoms. The van der Waals surface area contributed by atoms with Crippen LogP contribution >= 0.6 is 0 Å². The second-order valence-corrected chi connectivity index (χ2v) is 9.13. The first-order valence-corrected chi connectivity index (χ1v) is 11.9. The molecular formula is C25H31FN4O2. The summed E-state index contributed by atoms with van der Waals surface area (Å²) in [4.78, 5) is 27.1. The van der Waals surface area contributed by atoms with Crippen LogP contribution in [0, 0.1) is 11.7 Å². The van der Waals surface area contributed by atoms with Crippen molar-refractivity contribution in [2.75, 3.05) is 44.3 Å². The van der Waals surface area contributed by atoms with Crippen molar-refractivity contribution in [3.63, 3.8) is 0 Å². The molecule has 1 unspecified atom stereocenters. The van der Waals surface area contributed by atoms with Gasteiger partial charge in [-0.1, -0.05) is 19.1 Å². The van der Waals surface area contributed by atoms with E-state index in [0.717, 1.165) is 67.2 Å². The highest BCUT2D eigenvalue weighted by atomic mass is 19.1. The minimum absolute atomic E-state index is 0.0165. The number of aromatic nitrogens is 2. The number of aryl methyl sites for hydroxylation is 1. The Morgan fingerprint density at radius 2 is 1.84 bits per heavy atom. The maximum absolute atomic E-state index is 13.4. The van der Waals surface area contributed by atoms with Gasteiger partial charge in [0, 0.05) is 56.4 Å². The maximum atomic E-state index is 13.4. The molecule has 0 bridgehead atoms. The van der Waals surface area contributed by atoms with Crippen LogP contribution in [0.5, 0.6) is 0 Å². The second kappa shape index (κ2) is 9.14. The van der Waals surface area contributed by atoms with Gasteiger partial charge in [-0.25, -0.2) is 14.4 Å². The van der Waals surface area contributed by atoms with Crippen LogP contribution in [0.4, 0.5) is 10.2 Å². The molecule has 3 heterocycles. The van der Waals surface area contributed by atoms with Crippen molar-refractivity contribution in [2.45, 2.75) is 44.9 Å². The molecule has 1 atom stereocenters. The lowest BCUT2D eigenvalue weighted by Crippen LogP contribution is -2.51. The van der Waals surface area contributed by atoms with E-state index in [4.69, 9.17) is 14.7 Å². The minimum Gasteiger partial charge on any atom is -0.381 e. The number of hydrogen-bond acceptors (Lipinski definition) is 5. The van der Waals surface area contributed by atoms with E-state index in [1.54, 1.807) is 0 Å². The zero-order valence-corrected chi connectivity index (χ0v) is 18.7. The van der Waals surface area contributed by atoms with Crippen LogP contribution in [0.25, 0.3) is 0 Å². The number of benzene rings is 1. The zero-order valence-electron chi connectivity index (χ0n) is 18.7. The molecule has 3 aliphatic rings. The highest BCUT2D eigenvalue weighted by Gasteiger charge is 2.33. The predicted molar refractivity (Wildman–Crippen MR) is 120 cm³/mol. The molecule has 1 aromatic carbocycles. The number of carbonyl (C=O) groups excluding carboxylic acids is 1. The number of anilines is 1. The fourth-order valence-electron chi connectivity index (χ4n) is 4.73. The first-order chi connectivity index (χ1) is 15.6. The van der Waals surface area contributed by atoms with Crippen LogP contribution in [-0.4, -0.2) is 60.2 Å². The third-order valence-electron chi connectivity index (χ3n) is 6.83. The van der Waals surface area contributed by atoms with Gasteiger partial charge in [0.2, 0.25) is 5.91 Å². The number of amides is 1. The summed E-state index contributed by atoms with van der Waals surface area (Å²) in [7, 11) is 0. The summed E-state index contributed by atoms with van der Waals surface area (Å²) in [6.07, 6.45) is 4.67. The Bertz CT molecular complexity index is 963. The van der Waals surface area contributed by atoms with Crippen molar-refractivity contribution in [1.29, 1.82) is 0 Å².